The van der Waals surface area contributed by atoms with Gasteiger partial charge in [-0.25, -0.2) is 16.8 Å². The molecule has 0 aromatic heterocycles. The van der Waals surface area contributed by atoms with E-state index in [-0.39, 0.29) is 51.4 Å². The second kappa shape index (κ2) is 7.24. The summed E-state index contributed by atoms with van der Waals surface area (Å²) in [6.45, 7) is 0. The molecule has 0 heterocycles. The van der Waals surface area contributed by atoms with E-state index in [2.05, 4.69) is 0 Å². The Morgan fingerprint density at radius 2 is 0.880 bits per heavy atom. The topological polar surface area (TPSA) is 80.3 Å². The molecule has 0 fully saturated rings. The molecule has 0 amide bonds. The Bertz CT molecular complexity index is 692. The summed E-state index contributed by atoms with van der Waals surface area (Å²) in [7, 11) is -15.3. The fraction of sp³-hybridized carbons (Fsp3) is 1.00. The third kappa shape index (κ3) is 4.74. The van der Waals surface area contributed by atoms with E-state index in [0.29, 0.717) is 0 Å². The molecule has 0 saturated heterocycles. The summed E-state index contributed by atoms with van der Waals surface area (Å²) in [4.78, 5) is 0. The van der Waals surface area contributed by atoms with Crippen LogP contribution < -0.4 is 4.13 Å². The van der Waals surface area contributed by atoms with Gasteiger partial charge in [0.05, 0.1) is 0 Å². The first-order valence-corrected chi connectivity index (χ1v) is 7.47. The molecule has 0 aliphatic carbocycles. The monoisotopic (exact) mass is 471 g/mol. The molecular formula is C5H2F12KNO4S2. The fourth-order valence-electron chi connectivity index (χ4n) is 0.774. The first kappa shape index (κ1) is 27.9. The van der Waals surface area contributed by atoms with Crippen molar-refractivity contribution in [3.05, 3.63) is 0 Å². The van der Waals surface area contributed by atoms with Crippen molar-refractivity contribution in [3.8, 4) is 0 Å². The van der Waals surface area contributed by atoms with Crippen LogP contribution in [0.2, 0.25) is 0 Å². The SMILES string of the molecule is O=S(=O)(NS(=O)(=O)C(F)(F)C(F)(F)C(F)(F)C(F)(F)F)C(F)(F)F.[KH]. The zero-order chi connectivity index (χ0) is 20.2. The molecule has 0 aromatic carbocycles. The molecule has 148 valence electrons. The van der Waals surface area contributed by atoms with Gasteiger partial charge in [0.1, 0.15) is 0 Å². The first-order chi connectivity index (χ1) is 9.96. The molecule has 5 nitrogen and oxygen atoms in total. The van der Waals surface area contributed by atoms with Crippen LogP contribution in [0.25, 0.3) is 0 Å². The number of sulfonamides is 2. The maximum atomic E-state index is 12.9. The van der Waals surface area contributed by atoms with Crippen molar-refractivity contribution in [2.75, 3.05) is 0 Å². The van der Waals surface area contributed by atoms with E-state index >= 15 is 0 Å². The van der Waals surface area contributed by atoms with Gasteiger partial charge in [0, 0.05) is 0 Å². The van der Waals surface area contributed by atoms with Gasteiger partial charge in [-0.2, -0.15) is 52.7 Å². The molecule has 1 N–H and O–H groups in total. The Morgan fingerprint density at radius 3 is 1.12 bits per heavy atom. The van der Waals surface area contributed by atoms with Crippen LogP contribution in [0.1, 0.15) is 0 Å². The molecule has 0 spiro atoms. The predicted molar refractivity (Wildman–Crippen MR) is 55.1 cm³/mol. The summed E-state index contributed by atoms with van der Waals surface area (Å²) in [6.07, 6.45) is -7.46. The minimum atomic E-state index is -7.92. The second-order valence-corrected chi connectivity index (χ2v) is 7.36. The number of halogens is 12. The Balaban J connectivity index is 0. The van der Waals surface area contributed by atoms with Crippen molar-refractivity contribution in [2.45, 2.75) is 28.8 Å². The van der Waals surface area contributed by atoms with Crippen LogP contribution >= 0.6 is 0 Å². The van der Waals surface area contributed by atoms with Crippen molar-refractivity contribution in [2.24, 2.45) is 0 Å². The molecule has 0 aliphatic heterocycles. The average molecular weight is 471 g/mol. The van der Waals surface area contributed by atoms with E-state index in [1.165, 1.54) is 0 Å². The molecular weight excluding hydrogens is 469 g/mol. The van der Waals surface area contributed by atoms with Gasteiger partial charge in [-0.3, -0.25) is 0 Å². The summed E-state index contributed by atoms with van der Waals surface area (Å²) in [5, 5.41) is -7.61. The summed E-state index contributed by atoms with van der Waals surface area (Å²) in [5.74, 6) is -15.6. The van der Waals surface area contributed by atoms with Gasteiger partial charge in [0.2, 0.25) is 0 Å². The quantitative estimate of drug-likeness (QED) is 0.488. The van der Waals surface area contributed by atoms with E-state index < -0.39 is 53.0 Å². The summed E-state index contributed by atoms with van der Waals surface area (Å²) in [5.41, 5.74) is -6.70. The molecule has 20 heteroatoms. The Morgan fingerprint density at radius 1 is 0.560 bits per heavy atom. The molecule has 0 atom stereocenters. The van der Waals surface area contributed by atoms with Crippen LogP contribution in [-0.2, 0) is 20.0 Å². The summed E-state index contributed by atoms with van der Waals surface area (Å²) in [6, 6.07) is 0. The van der Waals surface area contributed by atoms with Crippen LogP contribution in [-0.4, -0.2) is 97.0 Å². The van der Waals surface area contributed by atoms with Gasteiger partial charge in [0.15, 0.2) is 0 Å². The van der Waals surface area contributed by atoms with Crippen LogP contribution in [0.3, 0.4) is 0 Å². The van der Waals surface area contributed by atoms with E-state index in [1.54, 1.807) is 0 Å². The van der Waals surface area contributed by atoms with E-state index in [1.807, 2.05) is 0 Å². The van der Waals surface area contributed by atoms with Gasteiger partial charge in [-0.1, -0.05) is 4.13 Å². The zero-order valence-corrected chi connectivity index (χ0v) is 11.6. The standard InChI is InChI=1S/C5HF12NO4S2.K.H/c6-1(7,3(10,11)12)2(8,9)4(13,14)23(19,20)18-24(21,22)5(15,16)17;;/h18H;;. The summed E-state index contributed by atoms with van der Waals surface area (Å²) >= 11 is 0. The Hall–Kier alpha value is 0.656. The second-order valence-electron chi connectivity index (χ2n) is 3.70. The third-order valence-corrected chi connectivity index (χ3v) is 5.27. The van der Waals surface area contributed by atoms with Gasteiger partial charge in [-0.15, -0.1) is 0 Å². The molecule has 0 bridgehead atoms. The minimum absolute atomic E-state index is 0. The number of hydrogen-bond donors (Lipinski definition) is 1. The molecule has 0 rings (SSSR count). The van der Waals surface area contributed by atoms with E-state index in [0.717, 1.165) is 0 Å². The predicted octanol–water partition coefficient (Wildman–Crippen LogP) is 1.53. The van der Waals surface area contributed by atoms with Crippen molar-refractivity contribution in [3.63, 3.8) is 0 Å². The van der Waals surface area contributed by atoms with Crippen LogP contribution in [0.15, 0.2) is 0 Å². The fourth-order valence-corrected chi connectivity index (χ4v) is 3.19. The third-order valence-electron chi connectivity index (χ3n) is 1.98. The molecule has 0 radical (unpaired) electrons. The summed E-state index contributed by atoms with van der Waals surface area (Å²) < 4.78 is 187. The Labute approximate surface area is 172 Å². The Kier molecular flexibility index (Phi) is 8.07. The number of rotatable bonds is 5. The van der Waals surface area contributed by atoms with Crippen LogP contribution in [0.4, 0.5) is 52.7 Å². The van der Waals surface area contributed by atoms with Crippen LogP contribution in [0.5, 0.6) is 0 Å². The number of alkyl halides is 12. The number of hydrogen-bond acceptors (Lipinski definition) is 4. The molecule has 0 unspecified atom stereocenters. The van der Waals surface area contributed by atoms with Gasteiger partial charge in [-0.05, 0) is 0 Å². The number of nitrogens with one attached hydrogen (secondary N) is 1. The zero-order valence-electron chi connectivity index (χ0n) is 9.99. The van der Waals surface area contributed by atoms with E-state index in [9.17, 15) is 69.5 Å². The van der Waals surface area contributed by atoms with Crippen molar-refractivity contribution < 1.29 is 69.5 Å². The molecule has 25 heavy (non-hydrogen) atoms. The van der Waals surface area contributed by atoms with Gasteiger partial charge in [0.25, 0.3) is 10.0 Å². The van der Waals surface area contributed by atoms with E-state index in [4.69, 9.17) is 0 Å². The molecule has 0 aromatic rings. The van der Waals surface area contributed by atoms with Crippen molar-refractivity contribution >= 4 is 71.4 Å². The maximum absolute atomic E-state index is 12.9. The molecule has 0 aliphatic rings. The van der Waals surface area contributed by atoms with Crippen molar-refractivity contribution in [1.82, 2.24) is 4.13 Å². The molecule has 0 saturated carbocycles. The average Bonchev–Trinajstić information content (AvgIpc) is 2.23. The van der Waals surface area contributed by atoms with Gasteiger partial charge < -0.3 is 0 Å². The van der Waals surface area contributed by atoms with Gasteiger partial charge >= 0.3 is 90.2 Å². The first-order valence-electron chi connectivity index (χ1n) is 4.50. The normalized spacial score (nSPS) is 15.7. The van der Waals surface area contributed by atoms with Crippen LogP contribution in [0, 0.1) is 0 Å². The van der Waals surface area contributed by atoms with Crippen molar-refractivity contribution in [1.29, 1.82) is 0 Å².